The van der Waals surface area contributed by atoms with Crippen molar-refractivity contribution >= 4 is 7.60 Å². The van der Waals surface area contributed by atoms with Gasteiger partial charge in [-0.1, -0.05) is 0 Å². The van der Waals surface area contributed by atoms with Gasteiger partial charge >= 0.3 is 7.60 Å². The van der Waals surface area contributed by atoms with Crippen LogP contribution in [-0.2, 0) is 23.3 Å². The molecule has 4 unspecified atom stereocenters. The van der Waals surface area contributed by atoms with Crippen molar-refractivity contribution in [1.29, 1.82) is 0 Å². The SMILES string of the molecule is CC1CC[C@@H](COCC[C@@H]2CC(COP(C)(=O)O)OC2C)O1. The Bertz CT molecular complexity index is 384. The third-order valence-corrected chi connectivity index (χ3v) is 5.02. The third kappa shape index (κ3) is 6.26. The van der Waals surface area contributed by atoms with Crippen molar-refractivity contribution in [3.05, 3.63) is 0 Å². The lowest BCUT2D eigenvalue weighted by molar-refractivity contribution is -0.0151. The molecule has 0 saturated carbocycles. The molecule has 2 aliphatic rings. The Morgan fingerprint density at radius 2 is 1.95 bits per heavy atom. The van der Waals surface area contributed by atoms with Gasteiger partial charge in [-0.3, -0.25) is 4.57 Å². The molecule has 2 saturated heterocycles. The standard InChI is InChI=1S/C15H29O6P/c1-11-4-5-14(20-11)9-18-7-6-13-8-15(21-12(13)2)10-19-22(3,16)17/h11-15H,4-10H2,1-3H3,(H,16,17)/t11?,12?,13-,14+,15?/m1/s1. The summed E-state index contributed by atoms with van der Waals surface area (Å²) in [5.41, 5.74) is 0. The zero-order chi connectivity index (χ0) is 16.2. The molecule has 0 amide bonds. The van der Waals surface area contributed by atoms with E-state index in [-0.39, 0.29) is 24.9 Å². The highest BCUT2D eigenvalue weighted by Crippen LogP contribution is 2.38. The molecule has 0 radical (unpaired) electrons. The Kier molecular flexibility index (Phi) is 6.87. The molecule has 0 aliphatic carbocycles. The molecule has 2 rings (SSSR count). The first-order valence-corrected chi connectivity index (χ1v) is 10.2. The van der Waals surface area contributed by atoms with Gasteiger partial charge in [-0.25, -0.2) is 0 Å². The van der Waals surface area contributed by atoms with Crippen LogP contribution in [0.1, 0.15) is 39.5 Å². The van der Waals surface area contributed by atoms with E-state index in [4.69, 9.17) is 23.6 Å². The molecule has 6 atom stereocenters. The zero-order valence-electron chi connectivity index (χ0n) is 13.8. The summed E-state index contributed by atoms with van der Waals surface area (Å²) in [5, 5.41) is 0. The highest BCUT2D eigenvalue weighted by atomic mass is 31.2. The average molecular weight is 336 g/mol. The number of ether oxygens (including phenoxy) is 3. The highest BCUT2D eigenvalue weighted by molar-refractivity contribution is 7.51. The summed E-state index contributed by atoms with van der Waals surface area (Å²) in [6, 6.07) is 0. The Morgan fingerprint density at radius 1 is 1.18 bits per heavy atom. The van der Waals surface area contributed by atoms with Gasteiger partial charge in [0.15, 0.2) is 0 Å². The Labute approximate surface area is 133 Å². The van der Waals surface area contributed by atoms with E-state index in [1.165, 1.54) is 6.66 Å². The Balaban J connectivity index is 1.59. The van der Waals surface area contributed by atoms with Crippen LogP contribution in [0.3, 0.4) is 0 Å². The van der Waals surface area contributed by atoms with Crippen molar-refractivity contribution < 1.29 is 28.2 Å². The monoisotopic (exact) mass is 336 g/mol. The van der Waals surface area contributed by atoms with Crippen molar-refractivity contribution in [3.8, 4) is 0 Å². The van der Waals surface area contributed by atoms with Crippen molar-refractivity contribution in [1.82, 2.24) is 0 Å². The van der Waals surface area contributed by atoms with E-state index in [1.54, 1.807) is 0 Å². The average Bonchev–Trinajstić information content (AvgIpc) is 2.98. The molecular weight excluding hydrogens is 307 g/mol. The summed E-state index contributed by atoms with van der Waals surface area (Å²) in [5.74, 6) is 0.409. The van der Waals surface area contributed by atoms with Crippen molar-refractivity contribution in [2.75, 3.05) is 26.5 Å². The molecular formula is C15H29O6P. The largest absolute Gasteiger partial charge is 0.379 e. The van der Waals surface area contributed by atoms with Gasteiger partial charge in [0.05, 0.1) is 37.6 Å². The summed E-state index contributed by atoms with van der Waals surface area (Å²) in [4.78, 5) is 9.15. The van der Waals surface area contributed by atoms with Gasteiger partial charge in [0, 0.05) is 13.3 Å². The summed E-state index contributed by atoms with van der Waals surface area (Å²) in [7, 11) is -3.42. The van der Waals surface area contributed by atoms with Gasteiger partial charge in [0.25, 0.3) is 0 Å². The predicted octanol–water partition coefficient (Wildman–Crippen LogP) is 2.59. The summed E-state index contributed by atoms with van der Waals surface area (Å²) in [6.45, 7) is 6.88. The molecule has 130 valence electrons. The number of rotatable bonds is 8. The van der Waals surface area contributed by atoms with Crippen LogP contribution in [0.15, 0.2) is 0 Å². The van der Waals surface area contributed by atoms with E-state index in [2.05, 4.69) is 6.92 Å². The van der Waals surface area contributed by atoms with E-state index in [0.717, 1.165) is 25.7 Å². The molecule has 22 heavy (non-hydrogen) atoms. The topological polar surface area (TPSA) is 74.2 Å². The molecule has 2 aliphatic heterocycles. The second-order valence-corrected chi connectivity index (χ2v) is 8.43. The van der Waals surface area contributed by atoms with Crippen LogP contribution in [0.25, 0.3) is 0 Å². The van der Waals surface area contributed by atoms with Crippen LogP contribution >= 0.6 is 7.60 Å². The zero-order valence-corrected chi connectivity index (χ0v) is 14.7. The molecule has 7 heteroatoms. The van der Waals surface area contributed by atoms with Crippen LogP contribution in [0.4, 0.5) is 0 Å². The predicted molar refractivity (Wildman–Crippen MR) is 83.1 cm³/mol. The van der Waals surface area contributed by atoms with E-state index < -0.39 is 7.60 Å². The first-order chi connectivity index (χ1) is 10.3. The van der Waals surface area contributed by atoms with Gasteiger partial charge in [0.1, 0.15) is 0 Å². The van der Waals surface area contributed by atoms with Crippen LogP contribution in [-0.4, -0.2) is 55.8 Å². The van der Waals surface area contributed by atoms with Crippen molar-refractivity contribution in [2.45, 2.75) is 63.9 Å². The van der Waals surface area contributed by atoms with Gasteiger partial charge < -0.3 is 23.6 Å². The minimum absolute atomic E-state index is 0.0977. The minimum atomic E-state index is -3.42. The summed E-state index contributed by atoms with van der Waals surface area (Å²) < 4.78 is 33.3. The van der Waals surface area contributed by atoms with Crippen molar-refractivity contribution in [2.24, 2.45) is 5.92 Å². The van der Waals surface area contributed by atoms with Crippen LogP contribution < -0.4 is 0 Å². The van der Waals surface area contributed by atoms with Crippen LogP contribution in [0.5, 0.6) is 0 Å². The second kappa shape index (κ2) is 8.22. The maximum atomic E-state index is 11.1. The fraction of sp³-hybridized carbons (Fsp3) is 1.00. The van der Waals surface area contributed by atoms with Gasteiger partial charge in [0.2, 0.25) is 0 Å². The first kappa shape index (κ1) is 18.4. The molecule has 1 N–H and O–H groups in total. The maximum Gasteiger partial charge on any atom is 0.325 e. The molecule has 0 bridgehead atoms. The van der Waals surface area contributed by atoms with Gasteiger partial charge in [-0.15, -0.1) is 0 Å². The minimum Gasteiger partial charge on any atom is -0.379 e. The van der Waals surface area contributed by atoms with E-state index in [9.17, 15) is 4.57 Å². The maximum absolute atomic E-state index is 11.1. The molecule has 2 heterocycles. The van der Waals surface area contributed by atoms with Crippen molar-refractivity contribution in [3.63, 3.8) is 0 Å². The fourth-order valence-corrected chi connectivity index (χ4v) is 3.58. The molecule has 0 spiro atoms. The number of hydrogen-bond donors (Lipinski definition) is 1. The number of hydrogen-bond acceptors (Lipinski definition) is 5. The highest BCUT2D eigenvalue weighted by Gasteiger charge is 2.33. The lowest BCUT2D eigenvalue weighted by Gasteiger charge is -2.15. The third-order valence-electron chi connectivity index (χ3n) is 4.39. The van der Waals surface area contributed by atoms with Gasteiger partial charge in [-0.2, -0.15) is 0 Å². The molecule has 0 aromatic carbocycles. The summed E-state index contributed by atoms with van der Waals surface area (Å²) in [6.07, 6.45) is 4.63. The van der Waals surface area contributed by atoms with Crippen LogP contribution in [0.2, 0.25) is 0 Å². The molecule has 2 fully saturated rings. The molecule has 0 aromatic heterocycles. The fourth-order valence-electron chi connectivity index (χ4n) is 3.14. The summed E-state index contributed by atoms with van der Waals surface area (Å²) >= 11 is 0. The Hall–Kier alpha value is 0.0300. The van der Waals surface area contributed by atoms with E-state index >= 15 is 0 Å². The second-order valence-electron chi connectivity index (χ2n) is 6.57. The lowest BCUT2D eigenvalue weighted by atomic mass is 9.97. The van der Waals surface area contributed by atoms with E-state index in [0.29, 0.717) is 25.2 Å². The van der Waals surface area contributed by atoms with Crippen LogP contribution in [0, 0.1) is 5.92 Å². The first-order valence-electron chi connectivity index (χ1n) is 8.17. The molecule has 6 nitrogen and oxygen atoms in total. The lowest BCUT2D eigenvalue weighted by Crippen LogP contribution is -2.18. The smallest absolute Gasteiger partial charge is 0.325 e. The molecule has 0 aromatic rings. The van der Waals surface area contributed by atoms with E-state index in [1.807, 2.05) is 6.92 Å². The Morgan fingerprint density at radius 3 is 2.59 bits per heavy atom. The quantitative estimate of drug-likeness (QED) is 0.542. The normalized spacial score (nSPS) is 38.3. The van der Waals surface area contributed by atoms with Gasteiger partial charge in [-0.05, 0) is 45.4 Å².